The molecule has 3 aromatic rings. The van der Waals surface area contributed by atoms with Crippen LogP contribution in [0, 0.1) is 11.6 Å². The summed E-state index contributed by atoms with van der Waals surface area (Å²) >= 11 is 0. The molecule has 2 N–H and O–H groups in total. The van der Waals surface area contributed by atoms with Crippen LogP contribution < -0.4 is 10.7 Å². The molecule has 36 heavy (non-hydrogen) atoms. The van der Waals surface area contributed by atoms with Crippen LogP contribution in [-0.2, 0) is 25.6 Å². The number of hydrogen-bond acceptors (Lipinski definition) is 7. The van der Waals surface area contributed by atoms with Gasteiger partial charge in [-0.25, -0.2) is 24.0 Å². The number of rotatable bonds is 10. The first-order valence-corrected chi connectivity index (χ1v) is 11.1. The molecule has 3 rings (SSSR count). The maximum atomic E-state index is 14.0. The van der Waals surface area contributed by atoms with Crippen LogP contribution in [0.4, 0.5) is 19.4 Å². The van der Waals surface area contributed by atoms with Crippen LogP contribution in [0.15, 0.2) is 54.7 Å². The number of carbonyl (C=O) groups excluding carboxylic acids is 3. The molecule has 1 atom stereocenters. The Labute approximate surface area is 206 Å². The van der Waals surface area contributed by atoms with Crippen molar-refractivity contribution < 1.29 is 32.6 Å². The summed E-state index contributed by atoms with van der Waals surface area (Å²) in [6.45, 7) is 0.735. The molecule has 2 aromatic carbocycles. The molecule has 0 spiro atoms. The van der Waals surface area contributed by atoms with E-state index in [1.807, 2.05) is 24.3 Å². The summed E-state index contributed by atoms with van der Waals surface area (Å²) in [5, 5.41) is 5.42. The smallest absolute Gasteiger partial charge is 0.412 e. The lowest BCUT2D eigenvalue weighted by Crippen LogP contribution is -2.50. The Bertz CT molecular complexity index is 1240. The number of esters is 1. The third kappa shape index (κ3) is 7.19. The Hall–Kier alpha value is -4.12. The van der Waals surface area contributed by atoms with E-state index in [9.17, 15) is 23.2 Å². The molecular formula is C25H26F2N4O5. The molecule has 0 saturated carbocycles. The van der Waals surface area contributed by atoms with Crippen LogP contribution in [0.5, 0.6) is 0 Å². The van der Waals surface area contributed by atoms with Crippen LogP contribution in [0.1, 0.15) is 25.3 Å². The third-order valence-corrected chi connectivity index (χ3v) is 5.35. The van der Waals surface area contributed by atoms with E-state index in [4.69, 9.17) is 4.74 Å². The highest BCUT2D eigenvalue weighted by atomic mass is 19.2. The summed E-state index contributed by atoms with van der Waals surface area (Å²) in [4.78, 5) is 40.6. The predicted molar refractivity (Wildman–Crippen MR) is 127 cm³/mol. The van der Waals surface area contributed by atoms with E-state index >= 15 is 0 Å². The number of ether oxygens (including phenoxy) is 2. The van der Waals surface area contributed by atoms with Gasteiger partial charge in [0, 0.05) is 37.0 Å². The third-order valence-electron chi connectivity index (χ3n) is 5.35. The topological polar surface area (TPSA) is 110 Å². The Morgan fingerprint density at radius 2 is 1.83 bits per heavy atom. The molecule has 0 radical (unpaired) electrons. The fraction of sp³-hybridized carbons (Fsp3) is 0.280. The molecule has 0 unspecified atom stereocenters. The van der Waals surface area contributed by atoms with Crippen molar-refractivity contribution >= 4 is 34.6 Å². The summed E-state index contributed by atoms with van der Waals surface area (Å²) in [6.07, 6.45) is 0.794. The van der Waals surface area contributed by atoms with Crippen LogP contribution >= 0.6 is 0 Å². The number of aromatic nitrogens is 1. The molecule has 2 amide bonds. The van der Waals surface area contributed by atoms with Gasteiger partial charge < -0.3 is 9.47 Å². The van der Waals surface area contributed by atoms with Crippen molar-refractivity contribution in [3.05, 3.63) is 71.9 Å². The number of methoxy groups -OCH3 is 1. The largest absolute Gasteiger partial charge is 0.469 e. The van der Waals surface area contributed by atoms with Gasteiger partial charge >= 0.3 is 12.1 Å². The second-order valence-electron chi connectivity index (χ2n) is 7.85. The van der Waals surface area contributed by atoms with Crippen molar-refractivity contribution in [2.24, 2.45) is 0 Å². The number of benzene rings is 2. The number of carbonyl (C=O) groups is 3. The van der Waals surface area contributed by atoms with E-state index in [1.54, 1.807) is 12.3 Å². The lowest BCUT2D eigenvalue weighted by molar-refractivity contribution is -0.143. The monoisotopic (exact) mass is 500 g/mol. The number of halogens is 2. The van der Waals surface area contributed by atoms with Gasteiger partial charge in [-0.05, 0) is 23.9 Å². The number of hydrogen-bond donors (Lipinski definition) is 2. The maximum absolute atomic E-state index is 14.0. The van der Waals surface area contributed by atoms with Gasteiger partial charge in [0.2, 0.25) is 5.91 Å². The van der Waals surface area contributed by atoms with Gasteiger partial charge in [-0.3, -0.25) is 19.9 Å². The number of fused-ring (bicyclic) bond motifs is 1. The Kier molecular flexibility index (Phi) is 9.23. The zero-order chi connectivity index (χ0) is 26.1. The van der Waals surface area contributed by atoms with Crippen LogP contribution in [-0.4, -0.2) is 47.7 Å². The molecule has 0 aliphatic rings. The van der Waals surface area contributed by atoms with Gasteiger partial charge in [0.25, 0.3) is 0 Å². The van der Waals surface area contributed by atoms with E-state index in [1.165, 1.54) is 26.2 Å². The van der Waals surface area contributed by atoms with Crippen molar-refractivity contribution in [2.75, 3.05) is 19.0 Å². The molecule has 1 aromatic heterocycles. The number of nitrogens with zero attached hydrogens (tertiary/aromatic N) is 2. The van der Waals surface area contributed by atoms with E-state index in [2.05, 4.69) is 20.5 Å². The maximum Gasteiger partial charge on any atom is 0.412 e. The molecule has 0 bridgehead atoms. The predicted octanol–water partition coefficient (Wildman–Crippen LogP) is 3.94. The SMILES string of the molecule is COC(=O)CC[C@@H](COC(=O)Nc1cc2ccccc2cn1)N(NCc1cccc(F)c1F)C(C)=O. The van der Waals surface area contributed by atoms with Gasteiger partial charge in [0.05, 0.1) is 13.2 Å². The molecule has 1 heterocycles. The standard InChI is InChI=1S/C25H26F2N4O5/c1-16(32)31(29-14-19-8-5-9-21(26)24(19)27)20(10-11-23(33)35-2)15-36-25(34)30-22-12-17-6-3-4-7-18(17)13-28-22/h3-9,12-13,20,29H,10-11,14-15H2,1-2H3,(H,28,30,34)/t20-/m0/s1. The molecule has 11 heteroatoms. The lowest BCUT2D eigenvalue weighted by atomic mass is 10.1. The first-order valence-electron chi connectivity index (χ1n) is 11.1. The lowest BCUT2D eigenvalue weighted by Gasteiger charge is -2.31. The fourth-order valence-corrected chi connectivity index (χ4v) is 3.49. The molecule has 9 nitrogen and oxygen atoms in total. The summed E-state index contributed by atoms with van der Waals surface area (Å²) in [5.74, 6) is -2.80. The summed E-state index contributed by atoms with van der Waals surface area (Å²) in [5.41, 5.74) is 2.73. The Balaban J connectivity index is 1.68. The van der Waals surface area contributed by atoms with Crippen molar-refractivity contribution in [3.63, 3.8) is 0 Å². The van der Waals surface area contributed by atoms with Crippen molar-refractivity contribution in [1.82, 2.24) is 15.4 Å². The van der Waals surface area contributed by atoms with E-state index in [0.29, 0.717) is 0 Å². The molecule has 190 valence electrons. The number of nitrogens with one attached hydrogen (secondary N) is 2. The highest BCUT2D eigenvalue weighted by Crippen LogP contribution is 2.17. The van der Waals surface area contributed by atoms with E-state index in [-0.39, 0.29) is 37.4 Å². The first-order chi connectivity index (χ1) is 17.3. The number of pyridine rings is 1. The van der Waals surface area contributed by atoms with Crippen LogP contribution in [0.3, 0.4) is 0 Å². The molecule has 0 saturated heterocycles. The van der Waals surface area contributed by atoms with Gasteiger partial charge in [0.1, 0.15) is 12.4 Å². The quantitative estimate of drug-likeness (QED) is 0.321. The zero-order valence-corrected chi connectivity index (χ0v) is 19.8. The molecule has 0 aliphatic carbocycles. The van der Waals surface area contributed by atoms with E-state index in [0.717, 1.165) is 21.8 Å². The first kappa shape index (κ1) is 26.5. The van der Waals surface area contributed by atoms with Gasteiger partial charge in [-0.1, -0.05) is 36.4 Å². The summed E-state index contributed by atoms with van der Waals surface area (Å²) in [7, 11) is 1.23. The minimum Gasteiger partial charge on any atom is -0.469 e. The van der Waals surface area contributed by atoms with Gasteiger partial charge in [-0.15, -0.1) is 0 Å². The van der Waals surface area contributed by atoms with Gasteiger partial charge in [-0.2, -0.15) is 0 Å². The second-order valence-corrected chi connectivity index (χ2v) is 7.85. The van der Waals surface area contributed by atoms with Crippen LogP contribution in [0.2, 0.25) is 0 Å². The molecular weight excluding hydrogens is 474 g/mol. The number of amides is 2. The molecule has 0 fully saturated rings. The second kappa shape index (κ2) is 12.5. The Morgan fingerprint density at radius 3 is 2.56 bits per heavy atom. The zero-order valence-electron chi connectivity index (χ0n) is 19.8. The highest BCUT2D eigenvalue weighted by molar-refractivity contribution is 5.89. The number of anilines is 1. The fourth-order valence-electron chi connectivity index (χ4n) is 3.49. The van der Waals surface area contributed by atoms with E-state index < -0.39 is 35.6 Å². The van der Waals surface area contributed by atoms with Crippen molar-refractivity contribution in [2.45, 2.75) is 32.4 Å². The normalized spacial score (nSPS) is 11.6. The van der Waals surface area contributed by atoms with Crippen LogP contribution in [0.25, 0.3) is 10.8 Å². The average Bonchev–Trinajstić information content (AvgIpc) is 2.87. The van der Waals surface area contributed by atoms with Crippen molar-refractivity contribution in [1.29, 1.82) is 0 Å². The average molecular weight is 501 g/mol. The molecule has 0 aliphatic heterocycles. The Morgan fingerprint density at radius 1 is 1.08 bits per heavy atom. The van der Waals surface area contributed by atoms with Gasteiger partial charge in [0.15, 0.2) is 11.6 Å². The summed E-state index contributed by atoms with van der Waals surface area (Å²) < 4.78 is 37.5. The highest BCUT2D eigenvalue weighted by Gasteiger charge is 2.25. The minimum absolute atomic E-state index is 0.00555. The minimum atomic E-state index is -1.04. The number of hydrazine groups is 1. The summed E-state index contributed by atoms with van der Waals surface area (Å²) in [6, 6.07) is 12.0. The van der Waals surface area contributed by atoms with Crippen molar-refractivity contribution in [3.8, 4) is 0 Å².